The zero-order valence-electron chi connectivity index (χ0n) is 8.90. The number of hydrogen-bond donors (Lipinski definition) is 0. The van der Waals surface area contributed by atoms with E-state index in [1.54, 1.807) is 24.5 Å². The van der Waals surface area contributed by atoms with Crippen LogP contribution in [-0.2, 0) is 11.2 Å². The van der Waals surface area contributed by atoms with Crippen LogP contribution in [0.15, 0.2) is 47.1 Å². The highest BCUT2D eigenvalue weighted by Crippen LogP contribution is 2.29. The van der Waals surface area contributed by atoms with Gasteiger partial charge in [-0.1, -0.05) is 29.8 Å². The Hall–Kier alpha value is -1.25. The number of rotatable bonds is 4. The quantitative estimate of drug-likeness (QED) is 0.784. The first-order chi connectivity index (χ1) is 8.18. The number of benzene rings is 1. The zero-order valence-corrected chi connectivity index (χ0v) is 10.4. The van der Waals surface area contributed by atoms with Gasteiger partial charge in [-0.25, -0.2) is 0 Å². The summed E-state index contributed by atoms with van der Waals surface area (Å²) in [7, 11) is 0. The molecule has 1 aromatic heterocycles. The van der Waals surface area contributed by atoms with Crippen molar-refractivity contribution in [3.05, 3.63) is 59.0 Å². The van der Waals surface area contributed by atoms with Gasteiger partial charge < -0.3 is 4.42 Å². The van der Waals surface area contributed by atoms with Crippen LogP contribution in [-0.4, -0.2) is 5.24 Å². The zero-order chi connectivity index (χ0) is 12.3. The van der Waals surface area contributed by atoms with E-state index in [2.05, 4.69) is 0 Å². The number of carbonyl (C=O) groups is 1. The number of halogens is 2. The van der Waals surface area contributed by atoms with Crippen LogP contribution in [0.2, 0.25) is 5.02 Å². The van der Waals surface area contributed by atoms with Gasteiger partial charge in [0.2, 0.25) is 5.24 Å². The summed E-state index contributed by atoms with van der Waals surface area (Å²) in [5.41, 5.74) is 0.727. The van der Waals surface area contributed by atoms with Gasteiger partial charge in [0.1, 0.15) is 5.76 Å². The van der Waals surface area contributed by atoms with Crippen LogP contribution in [0.25, 0.3) is 0 Å². The van der Waals surface area contributed by atoms with E-state index >= 15 is 0 Å². The van der Waals surface area contributed by atoms with Crippen molar-refractivity contribution < 1.29 is 9.21 Å². The van der Waals surface area contributed by atoms with Gasteiger partial charge in [-0.05, 0) is 35.4 Å². The molecule has 0 spiro atoms. The van der Waals surface area contributed by atoms with E-state index in [0.717, 1.165) is 5.56 Å². The van der Waals surface area contributed by atoms with Crippen molar-refractivity contribution in [3.8, 4) is 0 Å². The van der Waals surface area contributed by atoms with Gasteiger partial charge in [-0.2, -0.15) is 0 Å². The Balaban J connectivity index is 2.30. The van der Waals surface area contributed by atoms with Gasteiger partial charge >= 0.3 is 0 Å². The fraction of sp³-hybridized carbons (Fsp3) is 0.154. The summed E-state index contributed by atoms with van der Waals surface area (Å²) in [5.74, 6) is 0.237. The molecule has 2 aromatic rings. The van der Waals surface area contributed by atoms with Crippen LogP contribution in [0.5, 0.6) is 0 Å². The molecule has 4 heteroatoms. The van der Waals surface area contributed by atoms with E-state index in [-0.39, 0.29) is 0 Å². The first kappa shape index (κ1) is 12.2. The molecular weight excluding hydrogens is 259 g/mol. The first-order valence-electron chi connectivity index (χ1n) is 5.14. The van der Waals surface area contributed by atoms with Crippen molar-refractivity contribution in [1.29, 1.82) is 0 Å². The third-order valence-electron chi connectivity index (χ3n) is 2.54. The molecule has 1 unspecified atom stereocenters. The maximum absolute atomic E-state index is 11.5. The van der Waals surface area contributed by atoms with Gasteiger partial charge in [0, 0.05) is 11.4 Å². The third kappa shape index (κ3) is 2.90. The number of hydrogen-bond acceptors (Lipinski definition) is 2. The Kier molecular flexibility index (Phi) is 3.87. The van der Waals surface area contributed by atoms with E-state index in [9.17, 15) is 4.79 Å². The second-order valence-electron chi connectivity index (χ2n) is 3.66. The SMILES string of the molecule is O=C(Cl)C(Cc1ccco1)c1ccccc1Cl. The molecule has 2 nitrogen and oxygen atoms in total. The fourth-order valence-corrected chi connectivity index (χ4v) is 2.16. The van der Waals surface area contributed by atoms with Gasteiger partial charge in [-0.15, -0.1) is 0 Å². The van der Waals surface area contributed by atoms with Gasteiger partial charge in [0.15, 0.2) is 0 Å². The lowest BCUT2D eigenvalue weighted by Crippen LogP contribution is -2.10. The minimum atomic E-state index is -0.475. The standard InChI is InChI=1S/C13H10Cl2O2/c14-12-6-2-1-5-10(12)11(13(15)16)8-9-4-3-7-17-9/h1-7,11H,8H2. The Morgan fingerprint density at radius 1 is 1.24 bits per heavy atom. The summed E-state index contributed by atoms with van der Waals surface area (Å²) in [4.78, 5) is 11.5. The van der Waals surface area contributed by atoms with Crippen molar-refractivity contribution in [1.82, 2.24) is 0 Å². The molecule has 0 saturated heterocycles. The van der Waals surface area contributed by atoms with Crippen LogP contribution in [0.1, 0.15) is 17.2 Å². The van der Waals surface area contributed by atoms with E-state index in [0.29, 0.717) is 17.2 Å². The summed E-state index contributed by atoms with van der Waals surface area (Å²) in [6.45, 7) is 0. The summed E-state index contributed by atoms with van der Waals surface area (Å²) in [6.07, 6.45) is 1.98. The minimum Gasteiger partial charge on any atom is -0.469 e. The predicted molar refractivity (Wildman–Crippen MR) is 67.5 cm³/mol. The lowest BCUT2D eigenvalue weighted by molar-refractivity contribution is -0.113. The average Bonchev–Trinajstić information content (AvgIpc) is 2.79. The molecule has 0 amide bonds. The lowest BCUT2D eigenvalue weighted by atomic mass is 9.96. The molecule has 0 bridgehead atoms. The molecule has 0 N–H and O–H groups in total. The summed E-state index contributed by atoms with van der Waals surface area (Å²) >= 11 is 11.7. The minimum absolute atomic E-state index is 0.416. The highest BCUT2D eigenvalue weighted by Gasteiger charge is 2.22. The lowest BCUT2D eigenvalue weighted by Gasteiger charge is -2.12. The molecule has 0 saturated carbocycles. The molecule has 0 fully saturated rings. The van der Waals surface area contributed by atoms with Crippen LogP contribution >= 0.6 is 23.2 Å². The van der Waals surface area contributed by atoms with Crippen molar-refractivity contribution in [2.24, 2.45) is 0 Å². The maximum atomic E-state index is 11.5. The maximum Gasteiger partial charge on any atom is 0.229 e. The molecule has 1 atom stereocenters. The number of furan rings is 1. The van der Waals surface area contributed by atoms with Crippen LogP contribution in [0.3, 0.4) is 0 Å². The molecule has 0 aliphatic rings. The van der Waals surface area contributed by atoms with Gasteiger partial charge in [-0.3, -0.25) is 4.79 Å². The Morgan fingerprint density at radius 3 is 2.59 bits per heavy atom. The highest BCUT2D eigenvalue weighted by molar-refractivity contribution is 6.64. The fourth-order valence-electron chi connectivity index (χ4n) is 1.70. The molecule has 17 heavy (non-hydrogen) atoms. The van der Waals surface area contributed by atoms with Gasteiger partial charge in [0.25, 0.3) is 0 Å². The second-order valence-corrected chi connectivity index (χ2v) is 4.44. The Labute approximate surface area is 109 Å². The van der Waals surface area contributed by atoms with Crippen LogP contribution in [0.4, 0.5) is 0 Å². The molecule has 88 valence electrons. The molecular formula is C13H10Cl2O2. The van der Waals surface area contributed by atoms with E-state index in [1.807, 2.05) is 18.2 Å². The first-order valence-corrected chi connectivity index (χ1v) is 5.90. The largest absolute Gasteiger partial charge is 0.469 e. The van der Waals surface area contributed by atoms with Gasteiger partial charge in [0.05, 0.1) is 12.2 Å². The van der Waals surface area contributed by atoms with E-state index in [4.69, 9.17) is 27.6 Å². The summed E-state index contributed by atoms with van der Waals surface area (Å²) in [5, 5.41) is 0.104. The Bertz CT molecular complexity index is 506. The van der Waals surface area contributed by atoms with Crippen LogP contribution in [0, 0.1) is 0 Å². The normalized spacial score (nSPS) is 12.4. The van der Waals surface area contributed by atoms with E-state index in [1.165, 1.54) is 0 Å². The molecule has 0 radical (unpaired) electrons. The van der Waals surface area contributed by atoms with Crippen molar-refractivity contribution in [2.45, 2.75) is 12.3 Å². The second kappa shape index (κ2) is 5.39. The summed E-state index contributed by atoms with van der Waals surface area (Å²) in [6, 6.07) is 10.8. The van der Waals surface area contributed by atoms with Crippen LogP contribution < -0.4 is 0 Å². The molecule has 0 aliphatic carbocycles. The average molecular weight is 269 g/mol. The van der Waals surface area contributed by atoms with E-state index < -0.39 is 11.2 Å². The molecule has 1 heterocycles. The van der Waals surface area contributed by atoms with Crippen molar-refractivity contribution in [3.63, 3.8) is 0 Å². The Morgan fingerprint density at radius 2 is 2.00 bits per heavy atom. The predicted octanol–water partition coefficient (Wildman–Crippen LogP) is 4.02. The molecule has 2 rings (SSSR count). The number of carbonyl (C=O) groups excluding carboxylic acids is 1. The summed E-state index contributed by atoms with van der Waals surface area (Å²) < 4.78 is 5.22. The highest BCUT2D eigenvalue weighted by atomic mass is 35.5. The third-order valence-corrected chi connectivity index (χ3v) is 3.15. The van der Waals surface area contributed by atoms with Crippen molar-refractivity contribution in [2.75, 3.05) is 0 Å². The smallest absolute Gasteiger partial charge is 0.229 e. The van der Waals surface area contributed by atoms with Crippen molar-refractivity contribution >= 4 is 28.4 Å². The molecule has 0 aliphatic heterocycles. The topological polar surface area (TPSA) is 30.2 Å². The monoisotopic (exact) mass is 268 g/mol. The molecule has 1 aromatic carbocycles.